The quantitative estimate of drug-likeness (QED) is 0.271. The molecular weight excluding hydrogens is 274 g/mol. The molecular formula is C15H33BrN+. The van der Waals surface area contributed by atoms with Gasteiger partial charge in [0.2, 0.25) is 0 Å². The zero-order valence-corrected chi connectivity index (χ0v) is 13.9. The van der Waals surface area contributed by atoms with Gasteiger partial charge in [-0.3, -0.25) is 0 Å². The summed E-state index contributed by atoms with van der Waals surface area (Å²) in [5.74, 6) is 0. The topological polar surface area (TPSA) is 0 Å². The molecule has 0 heterocycles. The molecule has 0 aliphatic heterocycles. The highest BCUT2D eigenvalue weighted by molar-refractivity contribution is 9.09. The van der Waals surface area contributed by atoms with Crippen molar-refractivity contribution in [3.8, 4) is 0 Å². The molecule has 1 unspecified atom stereocenters. The van der Waals surface area contributed by atoms with E-state index in [0.29, 0.717) is 0 Å². The predicted molar refractivity (Wildman–Crippen MR) is 82.9 cm³/mol. The van der Waals surface area contributed by atoms with Gasteiger partial charge in [-0.15, -0.1) is 0 Å². The maximum absolute atomic E-state index is 3.57. The minimum Gasteiger partial charge on any atom is -0.326 e. The molecule has 0 aromatic heterocycles. The van der Waals surface area contributed by atoms with E-state index in [9.17, 15) is 0 Å². The van der Waals surface area contributed by atoms with Gasteiger partial charge in [0.1, 0.15) is 0 Å². The maximum Gasteiger partial charge on any atom is 0.0792 e. The monoisotopic (exact) mass is 306 g/mol. The Labute approximate surface area is 118 Å². The second kappa shape index (κ2) is 11.5. The third-order valence-electron chi connectivity index (χ3n) is 3.68. The smallest absolute Gasteiger partial charge is 0.0792 e. The summed E-state index contributed by atoms with van der Waals surface area (Å²) < 4.78 is 1.30. The van der Waals surface area contributed by atoms with E-state index in [4.69, 9.17) is 0 Å². The fourth-order valence-electron chi connectivity index (χ4n) is 2.44. The minimum absolute atomic E-state index is 1.16. The van der Waals surface area contributed by atoms with E-state index in [0.717, 1.165) is 5.33 Å². The second-order valence-corrected chi connectivity index (χ2v) is 6.39. The molecule has 1 atom stereocenters. The van der Waals surface area contributed by atoms with Gasteiger partial charge >= 0.3 is 0 Å². The lowest BCUT2D eigenvalue weighted by Crippen LogP contribution is -2.46. The number of nitrogens with zero attached hydrogens (tertiary/aromatic N) is 1. The summed E-state index contributed by atoms with van der Waals surface area (Å²) in [5.41, 5.74) is 0. The number of alkyl halides is 1. The average Bonchev–Trinajstić information content (AvgIpc) is 2.33. The highest BCUT2D eigenvalue weighted by Gasteiger charge is 2.19. The van der Waals surface area contributed by atoms with E-state index >= 15 is 0 Å². The van der Waals surface area contributed by atoms with Crippen molar-refractivity contribution >= 4 is 15.9 Å². The molecule has 0 saturated heterocycles. The van der Waals surface area contributed by atoms with E-state index in [1.54, 1.807) is 0 Å². The van der Waals surface area contributed by atoms with Gasteiger partial charge in [-0.1, -0.05) is 49.0 Å². The molecule has 0 spiro atoms. The first-order valence-corrected chi connectivity index (χ1v) is 8.70. The standard InChI is InChI=1S/C15H33BrN/c1-4-6-8-10-14-17(3,15-11-12-16)13-9-7-5-2/h4-15H2,1-3H3/q+1. The summed E-state index contributed by atoms with van der Waals surface area (Å²) in [4.78, 5) is 0. The van der Waals surface area contributed by atoms with Crippen molar-refractivity contribution in [3.05, 3.63) is 0 Å². The highest BCUT2D eigenvalue weighted by Crippen LogP contribution is 2.12. The van der Waals surface area contributed by atoms with Crippen molar-refractivity contribution in [1.82, 2.24) is 0 Å². The maximum atomic E-state index is 3.57. The molecule has 0 aromatic carbocycles. The summed E-state index contributed by atoms with van der Waals surface area (Å²) in [7, 11) is 2.46. The van der Waals surface area contributed by atoms with Crippen LogP contribution in [0.5, 0.6) is 0 Å². The Morgan fingerprint density at radius 2 is 1.18 bits per heavy atom. The van der Waals surface area contributed by atoms with Crippen LogP contribution < -0.4 is 0 Å². The van der Waals surface area contributed by atoms with Crippen molar-refractivity contribution in [2.24, 2.45) is 0 Å². The molecule has 0 saturated carbocycles. The van der Waals surface area contributed by atoms with E-state index in [-0.39, 0.29) is 0 Å². The van der Waals surface area contributed by atoms with Crippen LogP contribution in [0.25, 0.3) is 0 Å². The Morgan fingerprint density at radius 3 is 1.71 bits per heavy atom. The molecule has 0 amide bonds. The summed E-state index contributed by atoms with van der Waals surface area (Å²) in [5, 5.41) is 1.16. The molecule has 0 aliphatic carbocycles. The average molecular weight is 307 g/mol. The highest BCUT2D eigenvalue weighted by atomic mass is 79.9. The number of halogens is 1. The van der Waals surface area contributed by atoms with Gasteiger partial charge in [0.25, 0.3) is 0 Å². The summed E-state index contributed by atoms with van der Waals surface area (Å²) in [6.45, 7) is 8.70. The Kier molecular flexibility index (Phi) is 11.8. The zero-order valence-electron chi connectivity index (χ0n) is 12.3. The first-order chi connectivity index (χ1) is 8.18. The van der Waals surface area contributed by atoms with E-state index in [1.165, 1.54) is 75.5 Å². The van der Waals surface area contributed by atoms with Crippen molar-refractivity contribution in [2.75, 3.05) is 32.0 Å². The van der Waals surface area contributed by atoms with E-state index in [2.05, 4.69) is 36.8 Å². The SMILES string of the molecule is CCCCCC[N+](C)(CCCBr)CCCCC. The van der Waals surface area contributed by atoms with Gasteiger partial charge in [0.05, 0.1) is 26.7 Å². The number of rotatable bonds is 12. The Balaban J connectivity index is 3.90. The Bertz CT molecular complexity index is 161. The van der Waals surface area contributed by atoms with Gasteiger partial charge in [-0.05, 0) is 25.7 Å². The molecule has 0 aromatic rings. The number of unbranched alkanes of at least 4 members (excludes halogenated alkanes) is 5. The zero-order chi connectivity index (χ0) is 13.0. The largest absolute Gasteiger partial charge is 0.326 e. The van der Waals surface area contributed by atoms with Crippen molar-refractivity contribution < 1.29 is 4.48 Å². The van der Waals surface area contributed by atoms with Crippen LogP contribution in [0.3, 0.4) is 0 Å². The minimum atomic E-state index is 1.16. The van der Waals surface area contributed by atoms with Crippen LogP contribution in [0.2, 0.25) is 0 Å². The lowest BCUT2D eigenvalue weighted by molar-refractivity contribution is -0.910. The van der Waals surface area contributed by atoms with Gasteiger partial charge in [0, 0.05) is 11.8 Å². The number of hydrogen-bond acceptors (Lipinski definition) is 0. The van der Waals surface area contributed by atoms with Crippen molar-refractivity contribution in [1.29, 1.82) is 0 Å². The van der Waals surface area contributed by atoms with E-state index < -0.39 is 0 Å². The van der Waals surface area contributed by atoms with Gasteiger partial charge in [-0.25, -0.2) is 0 Å². The molecule has 0 aliphatic rings. The molecule has 0 N–H and O–H groups in total. The third-order valence-corrected chi connectivity index (χ3v) is 4.25. The van der Waals surface area contributed by atoms with Crippen LogP contribution in [-0.2, 0) is 0 Å². The van der Waals surface area contributed by atoms with Crippen molar-refractivity contribution in [3.63, 3.8) is 0 Å². The molecule has 0 radical (unpaired) electrons. The molecule has 1 nitrogen and oxygen atoms in total. The van der Waals surface area contributed by atoms with Crippen LogP contribution in [0.1, 0.15) is 65.2 Å². The molecule has 0 bridgehead atoms. The number of quaternary nitrogens is 1. The molecule has 0 fully saturated rings. The van der Waals surface area contributed by atoms with E-state index in [1.807, 2.05) is 0 Å². The van der Waals surface area contributed by atoms with Gasteiger partial charge in [0.15, 0.2) is 0 Å². The number of hydrogen-bond donors (Lipinski definition) is 0. The molecule has 104 valence electrons. The summed E-state index contributed by atoms with van der Waals surface area (Å²) in [6, 6.07) is 0. The van der Waals surface area contributed by atoms with Gasteiger partial charge < -0.3 is 4.48 Å². The predicted octanol–water partition coefficient (Wildman–Crippen LogP) is 4.99. The van der Waals surface area contributed by atoms with Crippen LogP contribution in [0, 0.1) is 0 Å². The third kappa shape index (κ3) is 10.1. The fraction of sp³-hybridized carbons (Fsp3) is 1.00. The fourth-order valence-corrected chi connectivity index (χ4v) is 2.69. The first-order valence-electron chi connectivity index (χ1n) is 7.58. The summed E-state index contributed by atoms with van der Waals surface area (Å²) >= 11 is 3.57. The first kappa shape index (κ1) is 17.4. The van der Waals surface area contributed by atoms with Crippen LogP contribution >= 0.6 is 15.9 Å². The normalized spacial score (nSPS) is 14.8. The van der Waals surface area contributed by atoms with Gasteiger partial charge in [-0.2, -0.15) is 0 Å². The Morgan fingerprint density at radius 1 is 0.706 bits per heavy atom. The second-order valence-electron chi connectivity index (χ2n) is 5.60. The van der Waals surface area contributed by atoms with Crippen molar-refractivity contribution in [2.45, 2.75) is 65.2 Å². The van der Waals surface area contributed by atoms with Crippen LogP contribution in [-0.4, -0.2) is 36.5 Å². The molecule has 2 heteroatoms. The van der Waals surface area contributed by atoms with Crippen LogP contribution in [0.4, 0.5) is 0 Å². The van der Waals surface area contributed by atoms with Crippen LogP contribution in [0.15, 0.2) is 0 Å². The Hall–Kier alpha value is 0.440. The lowest BCUT2D eigenvalue weighted by Gasteiger charge is -2.35. The summed E-state index contributed by atoms with van der Waals surface area (Å²) in [6.07, 6.45) is 11.1. The molecule has 17 heavy (non-hydrogen) atoms. The molecule has 0 rings (SSSR count). The lowest BCUT2D eigenvalue weighted by atomic mass is 10.1.